The van der Waals surface area contributed by atoms with Gasteiger partial charge in [0.2, 0.25) is 5.91 Å². The summed E-state index contributed by atoms with van der Waals surface area (Å²) in [4.78, 5) is 13.3. The van der Waals surface area contributed by atoms with Crippen LogP contribution in [0.2, 0.25) is 0 Å². The van der Waals surface area contributed by atoms with Gasteiger partial charge in [0.25, 0.3) is 0 Å². The van der Waals surface area contributed by atoms with E-state index in [0.717, 1.165) is 57.8 Å². The smallest absolute Gasteiger partial charge is 0.220 e. The molecule has 0 aliphatic carbocycles. The predicted octanol–water partition coefficient (Wildman–Crippen LogP) is 7.72. The average Bonchev–Trinajstić information content (AvgIpc) is 3.43. The first-order valence-corrected chi connectivity index (χ1v) is 33.4. The van der Waals surface area contributed by atoms with E-state index in [-0.39, 0.29) is 18.9 Å². The third-order valence-corrected chi connectivity index (χ3v) is 17.1. The molecule has 1 amide bonds. The Bertz CT molecular complexity index is 1560. The van der Waals surface area contributed by atoms with Gasteiger partial charge < -0.3 is 89.9 Å². The Morgan fingerprint density at radius 1 is 0.422 bits per heavy atom. The number of aliphatic hydroxyl groups excluding tert-OH is 11. The van der Waals surface area contributed by atoms with Gasteiger partial charge in [0.05, 0.1) is 38.6 Å². The summed E-state index contributed by atoms with van der Waals surface area (Å²) in [7, 11) is 0. The van der Waals surface area contributed by atoms with E-state index in [1.54, 1.807) is 6.08 Å². The van der Waals surface area contributed by atoms with Crippen LogP contribution in [0.5, 0.6) is 0 Å². The summed E-state index contributed by atoms with van der Waals surface area (Å²) in [6.45, 7) is 1.67. The van der Waals surface area contributed by atoms with Crippen molar-refractivity contribution < 1.29 is 89.4 Å². The van der Waals surface area contributed by atoms with Crippen molar-refractivity contribution in [3.05, 3.63) is 12.2 Å². The number of nitrogens with one attached hydrogen (secondary N) is 1. The molecule has 17 unspecified atom stereocenters. The van der Waals surface area contributed by atoms with Crippen molar-refractivity contribution in [1.29, 1.82) is 0 Å². The van der Waals surface area contributed by atoms with E-state index >= 15 is 0 Å². The van der Waals surface area contributed by atoms with Crippen molar-refractivity contribution in [2.24, 2.45) is 0 Å². The van der Waals surface area contributed by atoms with Crippen LogP contribution in [0.1, 0.15) is 258 Å². The van der Waals surface area contributed by atoms with Crippen molar-refractivity contribution in [2.45, 2.75) is 362 Å². The van der Waals surface area contributed by atoms with Gasteiger partial charge in [-0.2, -0.15) is 0 Å². The Morgan fingerprint density at radius 2 is 0.747 bits per heavy atom. The third-order valence-electron chi connectivity index (χ3n) is 17.1. The Labute approximate surface area is 499 Å². The highest BCUT2D eigenvalue weighted by atomic mass is 16.8. The molecule has 0 spiro atoms. The summed E-state index contributed by atoms with van der Waals surface area (Å²) in [5.74, 6) is -0.275. The van der Waals surface area contributed by atoms with Gasteiger partial charge in [-0.3, -0.25) is 4.79 Å². The fraction of sp³-hybridized carbons (Fsp3) is 0.953. The zero-order valence-electron chi connectivity index (χ0n) is 51.4. The number of allylic oxidation sites excluding steroid dienone is 1. The van der Waals surface area contributed by atoms with Crippen LogP contribution in [0, 0.1) is 0 Å². The van der Waals surface area contributed by atoms with Crippen LogP contribution in [-0.2, 0) is 33.2 Å². The van der Waals surface area contributed by atoms with Crippen molar-refractivity contribution in [3.8, 4) is 0 Å². The number of amides is 1. The summed E-state index contributed by atoms with van der Waals surface area (Å²) in [6.07, 6.45) is 24.1. The Hall–Kier alpha value is -1.47. The van der Waals surface area contributed by atoms with Gasteiger partial charge in [-0.1, -0.05) is 244 Å². The first-order chi connectivity index (χ1) is 40.3. The molecule has 3 aliphatic heterocycles. The van der Waals surface area contributed by atoms with Crippen LogP contribution < -0.4 is 5.32 Å². The summed E-state index contributed by atoms with van der Waals surface area (Å²) in [6, 6.07) is -0.965. The van der Waals surface area contributed by atoms with E-state index in [2.05, 4.69) is 19.2 Å². The van der Waals surface area contributed by atoms with E-state index in [9.17, 15) is 61.0 Å². The van der Waals surface area contributed by atoms with Crippen LogP contribution in [-0.4, -0.2) is 193 Å². The third kappa shape index (κ3) is 30.5. The van der Waals surface area contributed by atoms with Crippen molar-refractivity contribution in [3.63, 3.8) is 0 Å². The second-order valence-corrected chi connectivity index (χ2v) is 24.3. The lowest BCUT2D eigenvalue weighted by molar-refractivity contribution is -0.379. The molecule has 0 aromatic rings. The molecular weight excluding hydrogens is 1070 g/mol. The molecule has 12 N–H and O–H groups in total. The molecule has 490 valence electrons. The Kier molecular flexibility index (Phi) is 43.4. The number of hydrogen-bond acceptors (Lipinski definition) is 18. The van der Waals surface area contributed by atoms with Gasteiger partial charge in [0, 0.05) is 6.42 Å². The molecule has 0 radical (unpaired) electrons. The predicted molar refractivity (Wildman–Crippen MR) is 319 cm³/mol. The maximum atomic E-state index is 13.3. The van der Waals surface area contributed by atoms with Gasteiger partial charge in [-0.25, -0.2) is 0 Å². The molecule has 0 aromatic heterocycles. The minimum absolute atomic E-state index is 0.248. The molecule has 19 heteroatoms. The zero-order valence-corrected chi connectivity index (χ0v) is 51.4. The zero-order chi connectivity index (χ0) is 60.5. The summed E-state index contributed by atoms with van der Waals surface area (Å²) < 4.78 is 34.2. The lowest BCUT2D eigenvalue weighted by atomic mass is 9.96. The second kappa shape index (κ2) is 47.5. The normalized spacial score (nSPS) is 29.4. The van der Waals surface area contributed by atoms with Gasteiger partial charge in [-0.15, -0.1) is 0 Å². The quantitative estimate of drug-likeness (QED) is 0.0205. The number of ether oxygens (including phenoxy) is 6. The number of hydrogen-bond donors (Lipinski definition) is 12. The fourth-order valence-corrected chi connectivity index (χ4v) is 11.6. The molecule has 19 nitrogen and oxygen atoms in total. The van der Waals surface area contributed by atoms with Crippen LogP contribution in [0.4, 0.5) is 0 Å². The molecule has 3 fully saturated rings. The molecule has 0 saturated carbocycles. The number of carbonyl (C=O) groups is 1. The van der Waals surface area contributed by atoms with Crippen molar-refractivity contribution in [1.82, 2.24) is 5.32 Å². The summed E-state index contributed by atoms with van der Waals surface area (Å²) in [5, 5.41) is 120. The molecule has 3 saturated heterocycles. The SMILES string of the molecule is CCCCCCC/C=C/C(O)C(COC1OC(CO)C(OC2OC(CO)C(OC3OC(CO)C(O)C(O)C3O)C(O)C2O)C(O)C1O)NC(=O)CCCCCCCCCCCCCCCCCCCCCCCCCCCCCCCCC. The topological polar surface area (TPSA) is 307 Å². The lowest BCUT2D eigenvalue weighted by Crippen LogP contribution is -2.66. The number of carbonyl (C=O) groups excluding carboxylic acids is 1. The molecule has 3 rings (SSSR count). The average molecular weight is 1190 g/mol. The Morgan fingerprint density at radius 3 is 1.13 bits per heavy atom. The van der Waals surface area contributed by atoms with E-state index in [1.165, 1.54) is 173 Å². The van der Waals surface area contributed by atoms with Gasteiger partial charge >= 0.3 is 0 Å². The lowest BCUT2D eigenvalue weighted by Gasteiger charge is -2.48. The van der Waals surface area contributed by atoms with Gasteiger partial charge in [0.1, 0.15) is 73.2 Å². The largest absolute Gasteiger partial charge is 0.394 e. The van der Waals surface area contributed by atoms with E-state index < -0.39 is 124 Å². The number of rotatable bonds is 51. The highest BCUT2D eigenvalue weighted by Gasteiger charge is 2.53. The van der Waals surface area contributed by atoms with Crippen molar-refractivity contribution in [2.75, 3.05) is 26.4 Å². The highest BCUT2D eigenvalue weighted by molar-refractivity contribution is 5.76. The standard InChI is InChI=1S/C64H121NO18/c1-3-5-7-9-11-12-13-14-15-16-17-18-19-20-21-22-23-24-25-26-27-28-29-30-31-32-33-34-36-38-40-42-52(70)65-47(48(69)41-39-37-35-10-8-6-4-2)46-78-62-58(76)55(73)60(50(44-67)80-62)83-64-59(77)56(74)61(51(45-68)81-64)82-63-57(75)54(72)53(71)49(43-66)79-63/h39,41,47-51,53-64,66-69,71-77H,3-38,40,42-46H2,1-2H3,(H,65,70)/b41-39+. The maximum absolute atomic E-state index is 13.3. The van der Waals surface area contributed by atoms with Crippen LogP contribution in [0.25, 0.3) is 0 Å². The molecule has 3 aliphatic rings. The fourth-order valence-electron chi connectivity index (χ4n) is 11.6. The summed E-state index contributed by atoms with van der Waals surface area (Å²) >= 11 is 0. The molecule has 0 aromatic carbocycles. The van der Waals surface area contributed by atoms with Crippen LogP contribution in [0.15, 0.2) is 12.2 Å². The number of aliphatic hydroxyl groups is 11. The molecule has 17 atom stereocenters. The summed E-state index contributed by atoms with van der Waals surface area (Å²) in [5.41, 5.74) is 0. The molecule has 0 bridgehead atoms. The van der Waals surface area contributed by atoms with Crippen LogP contribution >= 0.6 is 0 Å². The molecular formula is C64H121NO18. The first-order valence-electron chi connectivity index (χ1n) is 33.4. The van der Waals surface area contributed by atoms with Gasteiger partial charge in [-0.05, 0) is 19.3 Å². The minimum Gasteiger partial charge on any atom is -0.394 e. The first kappa shape index (κ1) is 75.8. The van der Waals surface area contributed by atoms with Crippen molar-refractivity contribution >= 4 is 5.91 Å². The second-order valence-electron chi connectivity index (χ2n) is 24.3. The van der Waals surface area contributed by atoms with E-state index in [0.29, 0.717) is 6.42 Å². The van der Waals surface area contributed by atoms with Crippen LogP contribution in [0.3, 0.4) is 0 Å². The Balaban J connectivity index is 1.31. The monoisotopic (exact) mass is 1190 g/mol. The number of unbranched alkanes of at least 4 members (excludes halogenated alkanes) is 35. The minimum atomic E-state index is -1.97. The van der Waals surface area contributed by atoms with E-state index in [4.69, 9.17) is 28.4 Å². The molecule has 3 heterocycles. The van der Waals surface area contributed by atoms with Gasteiger partial charge in [0.15, 0.2) is 18.9 Å². The van der Waals surface area contributed by atoms with E-state index in [1.807, 2.05) is 6.08 Å². The highest BCUT2D eigenvalue weighted by Crippen LogP contribution is 2.33. The molecule has 83 heavy (non-hydrogen) atoms. The maximum Gasteiger partial charge on any atom is 0.220 e.